The molecular formula is C14H18F5N. The molecule has 0 aliphatic rings. The number of likely N-dealkylation sites (N-methyl/N-ethyl adjacent to an activating group) is 1. The Balaban J connectivity index is 2.55. The lowest BCUT2D eigenvalue weighted by molar-refractivity contribution is -0.135. The van der Waals surface area contributed by atoms with Gasteiger partial charge in [0.15, 0.2) is 11.6 Å². The predicted octanol–water partition coefficient (Wildman–Crippen LogP) is 4.22. The SMILES string of the molecule is CCNC(CCCC(F)(F)F)Cc1ccc(F)c(F)c1. The highest BCUT2D eigenvalue weighted by Gasteiger charge is 2.26. The van der Waals surface area contributed by atoms with Gasteiger partial charge in [0, 0.05) is 12.5 Å². The van der Waals surface area contributed by atoms with Crippen LogP contribution >= 0.6 is 0 Å². The van der Waals surface area contributed by atoms with Crippen LogP contribution in [0.15, 0.2) is 18.2 Å². The minimum absolute atomic E-state index is 0.0187. The smallest absolute Gasteiger partial charge is 0.314 e. The van der Waals surface area contributed by atoms with E-state index in [0.717, 1.165) is 12.1 Å². The maximum absolute atomic E-state index is 13.1. The molecule has 0 aliphatic heterocycles. The maximum Gasteiger partial charge on any atom is 0.389 e. The van der Waals surface area contributed by atoms with Gasteiger partial charge in [0.25, 0.3) is 0 Å². The summed E-state index contributed by atoms with van der Waals surface area (Å²) in [5.41, 5.74) is 0.571. The fraction of sp³-hybridized carbons (Fsp3) is 0.571. The van der Waals surface area contributed by atoms with Gasteiger partial charge in [0.05, 0.1) is 0 Å². The second-order valence-electron chi connectivity index (χ2n) is 4.71. The summed E-state index contributed by atoms with van der Waals surface area (Å²) in [7, 11) is 0. The van der Waals surface area contributed by atoms with Crippen LogP contribution in [0.2, 0.25) is 0 Å². The summed E-state index contributed by atoms with van der Waals surface area (Å²) in [6, 6.07) is 3.39. The summed E-state index contributed by atoms with van der Waals surface area (Å²) in [5, 5.41) is 3.07. The molecule has 0 saturated heterocycles. The summed E-state index contributed by atoms with van der Waals surface area (Å²) >= 11 is 0. The molecule has 1 unspecified atom stereocenters. The van der Waals surface area contributed by atoms with Crippen molar-refractivity contribution in [2.75, 3.05) is 6.54 Å². The molecule has 0 saturated carbocycles. The molecule has 0 amide bonds. The number of halogens is 5. The number of hydrogen-bond acceptors (Lipinski definition) is 1. The molecule has 1 aromatic carbocycles. The highest BCUT2D eigenvalue weighted by molar-refractivity contribution is 5.18. The fourth-order valence-electron chi connectivity index (χ4n) is 2.06. The van der Waals surface area contributed by atoms with Gasteiger partial charge in [-0.05, 0) is 43.5 Å². The molecular weight excluding hydrogens is 277 g/mol. The van der Waals surface area contributed by atoms with Gasteiger partial charge < -0.3 is 5.32 Å². The number of hydrogen-bond donors (Lipinski definition) is 1. The first-order chi connectivity index (χ1) is 9.31. The van der Waals surface area contributed by atoms with Crippen molar-refractivity contribution in [1.29, 1.82) is 0 Å². The topological polar surface area (TPSA) is 12.0 Å². The van der Waals surface area contributed by atoms with Crippen molar-refractivity contribution in [2.24, 2.45) is 0 Å². The minimum Gasteiger partial charge on any atom is -0.314 e. The van der Waals surface area contributed by atoms with Crippen molar-refractivity contribution in [3.63, 3.8) is 0 Å². The van der Waals surface area contributed by atoms with E-state index < -0.39 is 24.2 Å². The summed E-state index contributed by atoms with van der Waals surface area (Å²) < 4.78 is 62.2. The van der Waals surface area contributed by atoms with Crippen LogP contribution < -0.4 is 5.32 Å². The Bertz CT molecular complexity index is 417. The van der Waals surface area contributed by atoms with E-state index in [0.29, 0.717) is 24.9 Å². The quantitative estimate of drug-likeness (QED) is 0.743. The number of rotatable bonds is 7. The van der Waals surface area contributed by atoms with E-state index in [2.05, 4.69) is 5.32 Å². The molecule has 1 atom stereocenters. The van der Waals surface area contributed by atoms with Gasteiger partial charge in [-0.15, -0.1) is 0 Å². The highest BCUT2D eigenvalue weighted by Crippen LogP contribution is 2.23. The molecule has 0 spiro atoms. The molecule has 0 radical (unpaired) electrons. The zero-order valence-electron chi connectivity index (χ0n) is 11.2. The second kappa shape index (κ2) is 7.57. The van der Waals surface area contributed by atoms with Crippen LogP contribution in [-0.2, 0) is 6.42 Å². The maximum atomic E-state index is 13.1. The summed E-state index contributed by atoms with van der Waals surface area (Å²) in [6.45, 7) is 2.46. The molecule has 1 rings (SSSR count). The molecule has 6 heteroatoms. The van der Waals surface area contributed by atoms with Crippen molar-refractivity contribution in [3.8, 4) is 0 Å². The third kappa shape index (κ3) is 6.32. The Morgan fingerprint density at radius 1 is 1.15 bits per heavy atom. The van der Waals surface area contributed by atoms with Crippen molar-refractivity contribution >= 4 is 0 Å². The summed E-state index contributed by atoms with van der Waals surface area (Å²) in [6.07, 6.45) is -4.24. The molecule has 1 N–H and O–H groups in total. The molecule has 114 valence electrons. The molecule has 0 bridgehead atoms. The normalized spacial score (nSPS) is 13.5. The second-order valence-corrected chi connectivity index (χ2v) is 4.71. The lowest BCUT2D eigenvalue weighted by Crippen LogP contribution is -2.31. The van der Waals surface area contributed by atoms with E-state index in [1.807, 2.05) is 6.92 Å². The molecule has 1 aromatic rings. The minimum atomic E-state index is -4.15. The molecule has 0 aromatic heterocycles. The monoisotopic (exact) mass is 295 g/mol. The zero-order chi connectivity index (χ0) is 15.2. The Hall–Kier alpha value is -1.17. The van der Waals surface area contributed by atoms with Crippen LogP contribution in [-0.4, -0.2) is 18.8 Å². The van der Waals surface area contributed by atoms with Crippen molar-refractivity contribution in [1.82, 2.24) is 5.32 Å². The van der Waals surface area contributed by atoms with Crippen molar-refractivity contribution in [2.45, 2.75) is 44.8 Å². The Kier molecular flexibility index (Phi) is 6.39. The van der Waals surface area contributed by atoms with E-state index >= 15 is 0 Å². The van der Waals surface area contributed by atoms with Crippen LogP contribution in [0, 0.1) is 11.6 Å². The summed E-state index contributed by atoms with van der Waals surface area (Å²) in [5.74, 6) is -1.86. The van der Waals surface area contributed by atoms with E-state index in [1.54, 1.807) is 0 Å². The zero-order valence-corrected chi connectivity index (χ0v) is 11.2. The number of nitrogens with one attached hydrogen (secondary N) is 1. The largest absolute Gasteiger partial charge is 0.389 e. The van der Waals surface area contributed by atoms with Gasteiger partial charge in [0.1, 0.15) is 0 Å². The Morgan fingerprint density at radius 3 is 2.40 bits per heavy atom. The van der Waals surface area contributed by atoms with Gasteiger partial charge in [-0.2, -0.15) is 13.2 Å². The fourth-order valence-corrected chi connectivity index (χ4v) is 2.06. The first-order valence-electron chi connectivity index (χ1n) is 6.56. The summed E-state index contributed by atoms with van der Waals surface area (Å²) in [4.78, 5) is 0. The van der Waals surface area contributed by atoms with E-state index in [9.17, 15) is 22.0 Å². The standard InChI is InChI=1S/C14H18F5N/c1-2-20-11(4-3-7-14(17,18)19)8-10-5-6-12(15)13(16)9-10/h5-6,9,11,20H,2-4,7-8H2,1H3. The van der Waals surface area contributed by atoms with Crippen LogP contribution in [0.25, 0.3) is 0 Å². The third-order valence-electron chi connectivity index (χ3n) is 2.97. The van der Waals surface area contributed by atoms with E-state index in [4.69, 9.17) is 0 Å². The first-order valence-corrected chi connectivity index (χ1v) is 6.56. The lowest BCUT2D eigenvalue weighted by atomic mass is 10.0. The molecule has 0 fully saturated rings. The highest BCUT2D eigenvalue weighted by atomic mass is 19.4. The first kappa shape index (κ1) is 16.9. The van der Waals surface area contributed by atoms with E-state index in [1.165, 1.54) is 6.07 Å². The van der Waals surface area contributed by atoms with Crippen molar-refractivity contribution < 1.29 is 22.0 Å². The van der Waals surface area contributed by atoms with Gasteiger partial charge in [-0.25, -0.2) is 8.78 Å². The molecule has 1 nitrogen and oxygen atoms in total. The van der Waals surface area contributed by atoms with Crippen LogP contribution in [0.5, 0.6) is 0 Å². The van der Waals surface area contributed by atoms with Gasteiger partial charge in [-0.3, -0.25) is 0 Å². The average molecular weight is 295 g/mol. The van der Waals surface area contributed by atoms with Crippen molar-refractivity contribution in [3.05, 3.63) is 35.4 Å². The van der Waals surface area contributed by atoms with Crippen LogP contribution in [0.4, 0.5) is 22.0 Å². The predicted molar refractivity (Wildman–Crippen MR) is 67.4 cm³/mol. The van der Waals surface area contributed by atoms with Gasteiger partial charge >= 0.3 is 6.18 Å². The number of alkyl halides is 3. The lowest BCUT2D eigenvalue weighted by Gasteiger charge is -2.18. The third-order valence-corrected chi connectivity index (χ3v) is 2.97. The van der Waals surface area contributed by atoms with Crippen LogP contribution in [0.1, 0.15) is 31.7 Å². The van der Waals surface area contributed by atoms with Gasteiger partial charge in [0.2, 0.25) is 0 Å². The average Bonchev–Trinajstić information content (AvgIpc) is 2.32. The van der Waals surface area contributed by atoms with Crippen LogP contribution in [0.3, 0.4) is 0 Å². The van der Waals surface area contributed by atoms with Gasteiger partial charge in [-0.1, -0.05) is 13.0 Å². The molecule has 0 aliphatic carbocycles. The number of benzene rings is 1. The molecule has 0 heterocycles. The Morgan fingerprint density at radius 2 is 1.85 bits per heavy atom. The Labute approximate surface area is 115 Å². The molecule has 20 heavy (non-hydrogen) atoms. The van der Waals surface area contributed by atoms with E-state index in [-0.39, 0.29) is 12.5 Å².